The largest absolute Gasteiger partial charge is 0.308 e. The summed E-state index contributed by atoms with van der Waals surface area (Å²) in [4.78, 5) is 2.27. The highest BCUT2D eigenvalue weighted by Gasteiger charge is 2.21. The molecule has 0 spiro atoms. The van der Waals surface area contributed by atoms with Crippen LogP contribution in [0.5, 0.6) is 0 Å². The normalized spacial score (nSPS) is 14.1. The van der Waals surface area contributed by atoms with E-state index in [9.17, 15) is 0 Å². The van der Waals surface area contributed by atoms with Gasteiger partial charge < -0.3 is 4.90 Å². The van der Waals surface area contributed by atoms with Crippen LogP contribution in [-0.2, 0) is 0 Å². The van der Waals surface area contributed by atoms with Crippen molar-refractivity contribution in [3.05, 3.63) is 70.8 Å². The lowest BCUT2D eigenvalue weighted by Gasteiger charge is -2.23. The van der Waals surface area contributed by atoms with Crippen molar-refractivity contribution in [2.45, 2.75) is 5.92 Å². The SMILES string of the molecule is CN(C)CC1c2ccccc2C=Cc2ccccc21. The van der Waals surface area contributed by atoms with Crippen LogP contribution in [0.2, 0.25) is 0 Å². The van der Waals surface area contributed by atoms with E-state index >= 15 is 0 Å². The van der Waals surface area contributed by atoms with Crippen LogP contribution in [0.3, 0.4) is 0 Å². The van der Waals surface area contributed by atoms with Crippen LogP contribution in [0.25, 0.3) is 12.2 Å². The van der Waals surface area contributed by atoms with Crippen LogP contribution < -0.4 is 0 Å². The average Bonchev–Trinajstić information content (AvgIpc) is 2.57. The van der Waals surface area contributed by atoms with Gasteiger partial charge in [-0.1, -0.05) is 60.7 Å². The molecule has 0 aliphatic heterocycles. The fraction of sp³-hybridized carbons (Fsp3) is 0.222. The lowest BCUT2D eigenvalue weighted by molar-refractivity contribution is 0.392. The van der Waals surface area contributed by atoms with Crippen molar-refractivity contribution in [2.75, 3.05) is 20.6 Å². The van der Waals surface area contributed by atoms with Crippen molar-refractivity contribution >= 4 is 12.2 Å². The predicted octanol–water partition coefficient (Wildman–Crippen LogP) is 3.86. The van der Waals surface area contributed by atoms with Crippen LogP contribution >= 0.6 is 0 Å². The Hall–Kier alpha value is -1.86. The summed E-state index contributed by atoms with van der Waals surface area (Å²) in [6, 6.07) is 17.5. The fourth-order valence-corrected chi connectivity index (χ4v) is 2.87. The summed E-state index contributed by atoms with van der Waals surface area (Å²) >= 11 is 0. The van der Waals surface area contributed by atoms with Crippen molar-refractivity contribution in [3.63, 3.8) is 0 Å². The molecule has 0 aromatic heterocycles. The van der Waals surface area contributed by atoms with Gasteiger partial charge in [0, 0.05) is 12.5 Å². The number of nitrogens with zero attached hydrogens (tertiary/aromatic N) is 1. The second-order valence-electron chi connectivity index (χ2n) is 5.41. The smallest absolute Gasteiger partial charge is 0.0228 e. The maximum absolute atomic E-state index is 2.27. The van der Waals surface area contributed by atoms with Crippen LogP contribution in [0, 0.1) is 0 Å². The summed E-state index contributed by atoms with van der Waals surface area (Å²) in [6.07, 6.45) is 4.48. The summed E-state index contributed by atoms with van der Waals surface area (Å²) in [7, 11) is 4.28. The van der Waals surface area contributed by atoms with Crippen LogP contribution in [0.1, 0.15) is 28.2 Å². The average molecular weight is 249 g/mol. The van der Waals surface area contributed by atoms with Gasteiger partial charge in [-0.3, -0.25) is 0 Å². The number of rotatable bonds is 2. The third-order valence-electron chi connectivity index (χ3n) is 3.73. The number of hydrogen-bond acceptors (Lipinski definition) is 1. The molecule has 1 aliphatic rings. The van der Waals surface area contributed by atoms with E-state index in [0.717, 1.165) is 6.54 Å². The van der Waals surface area contributed by atoms with E-state index in [0.29, 0.717) is 5.92 Å². The molecular formula is C18H19N. The lowest BCUT2D eigenvalue weighted by Crippen LogP contribution is -2.22. The molecule has 1 nitrogen and oxygen atoms in total. The maximum Gasteiger partial charge on any atom is 0.0228 e. The lowest BCUT2D eigenvalue weighted by atomic mass is 9.87. The maximum atomic E-state index is 2.27. The number of fused-ring (bicyclic) bond motifs is 2. The molecule has 0 saturated heterocycles. The van der Waals surface area contributed by atoms with Crippen molar-refractivity contribution < 1.29 is 0 Å². The zero-order valence-electron chi connectivity index (χ0n) is 11.5. The fourth-order valence-electron chi connectivity index (χ4n) is 2.87. The number of hydrogen-bond donors (Lipinski definition) is 0. The Bertz CT molecular complexity index is 561. The first-order valence-electron chi connectivity index (χ1n) is 6.76. The van der Waals surface area contributed by atoms with Crippen molar-refractivity contribution in [1.82, 2.24) is 4.90 Å². The second-order valence-corrected chi connectivity index (χ2v) is 5.41. The van der Waals surface area contributed by atoms with Gasteiger partial charge in [-0.15, -0.1) is 0 Å². The zero-order valence-corrected chi connectivity index (χ0v) is 11.5. The van der Waals surface area contributed by atoms with Crippen LogP contribution in [-0.4, -0.2) is 25.5 Å². The molecule has 96 valence electrons. The molecule has 0 bridgehead atoms. The number of benzene rings is 2. The minimum absolute atomic E-state index is 0.442. The van der Waals surface area contributed by atoms with Gasteiger partial charge >= 0.3 is 0 Å². The summed E-state index contributed by atoms with van der Waals surface area (Å²) in [6.45, 7) is 1.04. The van der Waals surface area contributed by atoms with Gasteiger partial charge in [0.25, 0.3) is 0 Å². The van der Waals surface area contributed by atoms with Gasteiger partial charge in [0.15, 0.2) is 0 Å². The third kappa shape index (κ3) is 2.34. The quantitative estimate of drug-likeness (QED) is 0.781. The molecule has 0 fully saturated rings. The standard InChI is InChI=1S/C18H19N/c1-19(2)13-18-16-9-5-3-7-14(16)11-12-15-8-4-6-10-17(15)18/h3-12,18H,13H2,1-2H3. The molecular weight excluding hydrogens is 230 g/mol. The molecule has 2 aromatic carbocycles. The first-order chi connectivity index (χ1) is 9.25. The van der Waals surface area contributed by atoms with Gasteiger partial charge in [-0.2, -0.15) is 0 Å². The Kier molecular flexibility index (Phi) is 3.22. The van der Waals surface area contributed by atoms with E-state index in [-0.39, 0.29) is 0 Å². The second kappa shape index (κ2) is 5.02. The molecule has 3 rings (SSSR count). The highest BCUT2D eigenvalue weighted by molar-refractivity contribution is 5.76. The predicted molar refractivity (Wildman–Crippen MR) is 82.2 cm³/mol. The van der Waals surface area contributed by atoms with Gasteiger partial charge in [-0.05, 0) is 36.3 Å². The summed E-state index contributed by atoms with van der Waals surface area (Å²) < 4.78 is 0. The van der Waals surface area contributed by atoms with Gasteiger partial charge in [0.05, 0.1) is 0 Å². The van der Waals surface area contributed by atoms with Crippen molar-refractivity contribution in [3.8, 4) is 0 Å². The molecule has 0 saturated carbocycles. The van der Waals surface area contributed by atoms with E-state index in [4.69, 9.17) is 0 Å². The van der Waals surface area contributed by atoms with E-state index in [1.165, 1.54) is 22.3 Å². The summed E-state index contributed by atoms with van der Waals surface area (Å²) in [5, 5.41) is 0. The summed E-state index contributed by atoms with van der Waals surface area (Å²) in [5.74, 6) is 0.442. The summed E-state index contributed by atoms with van der Waals surface area (Å²) in [5.41, 5.74) is 5.53. The highest BCUT2D eigenvalue weighted by Crippen LogP contribution is 2.34. The van der Waals surface area contributed by atoms with E-state index in [2.05, 4.69) is 79.7 Å². The number of likely N-dealkylation sites (N-methyl/N-ethyl adjacent to an activating group) is 1. The molecule has 1 aliphatic carbocycles. The Morgan fingerprint density at radius 1 is 0.789 bits per heavy atom. The molecule has 0 amide bonds. The third-order valence-corrected chi connectivity index (χ3v) is 3.73. The molecule has 0 radical (unpaired) electrons. The highest BCUT2D eigenvalue weighted by atomic mass is 15.1. The minimum Gasteiger partial charge on any atom is -0.308 e. The van der Waals surface area contributed by atoms with Gasteiger partial charge in [0.2, 0.25) is 0 Å². The van der Waals surface area contributed by atoms with Crippen molar-refractivity contribution in [2.24, 2.45) is 0 Å². The monoisotopic (exact) mass is 249 g/mol. The first kappa shape index (κ1) is 12.2. The van der Waals surface area contributed by atoms with E-state index in [1.807, 2.05) is 0 Å². The van der Waals surface area contributed by atoms with Crippen LogP contribution in [0.4, 0.5) is 0 Å². The zero-order chi connectivity index (χ0) is 13.2. The minimum atomic E-state index is 0.442. The molecule has 1 heteroatoms. The molecule has 0 heterocycles. The van der Waals surface area contributed by atoms with Crippen molar-refractivity contribution in [1.29, 1.82) is 0 Å². The Labute approximate surface area is 115 Å². The Morgan fingerprint density at radius 3 is 1.74 bits per heavy atom. The first-order valence-corrected chi connectivity index (χ1v) is 6.76. The molecule has 2 aromatic rings. The molecule has 0 atom stereocenters. The van der Waals surface area contributed by atoms with Gasteiger partial charge in [0.1, 0.15) is 0 Å². The van der Waals surface area contributed by atoms with E-state index < -0.39 is 0 Å². The Balaban J connectivity index is 2.18. The van der Waals surface area contributed by atoms with Crippen LogP contribution in [0.15, 0.2) is 48.5 Å². The molecule has 0 unspecified atom stereocenters. The Morgan fingerprint density at radius 2 is 1.26 bits per heavy atom. The molecule has 0 N–H and O–H groups in total. The molecule has 19 heavy (non-hydrogen) atoms. The topological polar surface area (TPSA) is 3.24 Å². The van der Waals surface area contributed by atoms with E-state index in [1.54, 1.807) is 0 Å². The van der Waals surface area contributed by atoms with Gasteiger partial charge in [-0.25, -0.2) is 0 Å².